The van der Waals surface area contributed by atoms with Crippen molar-refractivity contribution in [2.45, 2.75) is 12.8 Å². The Morgan fingerprint density at radius 3 is 2.20 bits per heavy atom. The van der Waals surface area contributed by atoms with Gasteiger partial charge in [0.15, 0.2) is 0 Å². The van der Waals surface area contributed by atoms with Crippen LogP contribution < -0.4 is 10.6 Å². The minimum atomic E-state index is 0.0619. The van der Waals surface area contributed by atoms with Gasteiger partial charge in [-0.25, -0.2) is 0 Å². The number of fused-ring (bicyclic) bond motifs is 2. The summed E-state index contributed by atoms with van der Waals surface area (Å²) in [7, 11) is 0. The van der Waals surface area contributed by atoms with Gasteiger partial charge in [-0.3, -0.25) is 4.79 Å². The summed E-state index contributed by atoms with van der Waals surface area (Å²) < 4.78 is 0. The quantitative estimate of drug-likeness (QED) is 0.769. The predicted molar refractivity (Wildman–Crippen MR) is 81.1 cm³/mol. The van der Waals surface area contributed by atoms with Crippen LogP contribution in [0.5, 0.6) is 0 Å². The van der Waals surface area contributed by atoms with Crippen molar-refractivity contribution in [1.29, 1.82) is 0 Å². The monoisotopic (exact) mass is 266 g/mol. The van der Waals surface area contributed by atoms with Gasteiger partial charge in [-0.1, -0.05) is 36.4 Å². The molecule has 0 radical (unpaired) electrons. The third kappa shape index (κ3) is 2.67. The van der Waals surface area contributed by atoms with Crippen LogP contribution in [0.2, 0.25) is 0 Å². The first-order valence-electron chi connectivity index (χ1n) is 7.02. The van der Waals surface area contributed by atoms with Crippen LogP contribution in [-0.2, 0) is 12.8 Å². The van der Waals surface area contributed by atoms with Crippen molar-refractivity contribution < 1.29 is 4.79 Å². The van der Waals surface area contributed by atoms with Crippen molar-refractivity contribution in [3.05, 3.63) is 65.2 Å². The summed E-state index contributed by atoms with van der Waals surface area (Å²) in [6.45, 7) is 1.88. The van der Waals surface area contributed by atoms with Crippen LogP contribution >= 0.6 is 0 Å². The van der Waals surface area contributed by atoms with Gasteiger partial charge >= 0.3 is 0 Å². The highest BCUT2D eigenvalue weighted by Gasteiger charge is 2.14. The second-order valence-electron chi connectivity index (χ2n) is 5.00. The summed E-state index contributed by atoms with van der Waals surface area (Å²) in [6, 6.07) is 16.2. The van der Waals surface area contributed by atoms with E-state index in [4.69, 9.17) is 0 Å². The molecule has 0 bridgehead atoms. The van der Waals surface area contributed by atoms with Gasteiger partial charge in [0, 0.05) is 24.3 Å². The van der Waals surface area contributed by atoms with Gasteiger partial charge in [0.25, 0.3) is 5.91 Å². The van der Waals surface area contributed by atoms with E-state index in [1.165, 1.54) is 17.7 Å². The molecule has 2 aliphatic rings. The fourth-order valence-corrected chi connectivity index (χ4v) is 2.61. The Bertz CT molecular complexity index is 599. The van der Waals surface area contributed by atoms with Gasteiger partial charge in [0.1, 0.15) is 0 Å². The largest absolute Gasteiger partial charge is 0.384 e. The van der Waals surface area contributed by atoms with E-state index in [-0.39, 0.29) is 5.91 Å². The van der Waals surface area contributed by atoms with E-state index in [0.29, 0.717) is 0 Å². The van der Waals surface area contributed by atoms with Gasteiger partial charge in [0.05, 0.1) is 0 Å². The Morgan fingerprint density at radius 1 is 0.750 bits per heavy atom. The zero-order valence-electron chi connectivity index (χ0n) is 11.4. The second-order valence-corrected chi connectivity index (χ2v) is 5.00. The summed E-state index contributed by atoms with van der Waals surface area (Å²) >= 11 is 0. The van der Waals surface area contributed by atoms with Crippen molar-refractivity contribution in [1.82, 2.24) is 5.32 Å². The fraction of sp³-hybridized carbons (Fsp3) is 0.235. The Hall–Kier alpha value is -2.29. The van der Waals surface area contributed by atoms with Gasteiger partial charge in [-0.15, -0.1) is 0 Å². The smallest absolute Gasteiger partial charge is 0.251 e. The van der Waals surface area contributed by atoms with Gasteiger partial charge < -0.3 is 10.6 Å². The molecule has 2 aliphatic heterocycles. The second kappa shape index (κ2) is 5.78. The molecule has 0 fully saturated rings. The number of carbonyl (C=O) groups is 1. The number of amides is 1. The van der Waals surface area contributed by atoms with E-state index in [1.54, 1.807) is 0 Å². The molecule has 0 atom stereocenters. The first kappa shape index (κ1) is 12.7. The van der Waals surface area contributed by atoms with Crippen molar-refractivity contribution >= 4 is 11.6 Å². The van der Waals surface area contributed by atoms with E-state index < -0.39 is 0 Å². The average Bonchev–Trinajstić information content (AvgIpc) is 2.97. The van der Waals surface area contributed by atoms with E-state index in [1.807, 2.05) is 24.3 Å². The molecule has 4 rings (SSSR count). The summed E-state index contributed by atoms with van der Waals surface area (Å²) in [4.78, 5) is 11.2. The lowest BCUT2D eigenvalue weighted by Gasteiger charge is -2.15. The highest BCUT2D eigenvalue weighted by Crippen LogP contribution is 2.20. The lowest BCUT2D eigenvalue weighted by molar-refractivity contribution is 0.0946. The average molecular weight is 266 g/mol. The van der Waals surface area contributed by atoms with Crippen molar-refractivity contribution in [3.63, 3.8) is 0 Å². The van der Waals surface area contributed by atoms with Gasteiger partial charge in [-0.2, -0.15) is 0 Å². The van der Waals surface area contributed by atoms with E-state index >= 15 is 0 Å². The normalized spacial score (nSPS) is 15.1. The van der Waals surface area contributed by atoms with Crippen LogP contribution in [0.4, 0.5) is 5.69 Å². The number of hydrogen-bond donors (Lipinski definition) is 2. The number of benzene rings is 2. The number of carbonyl (C=O) groups excluding carboxylic acids is 1. The van der Waals surface area contributed by atoms with Crippen LogP contribution in [0.3, 0.4) is 0 Å². The molecule has 0 aliphatic carbocycles. The zero-order chi connectivity index (χ0) is 13.8. The summed E-state index contributed by atoms with van der Waals surface area (Å²) in [6.07, 6.45) is 2.15. The third-order valence-electron chi connectivity index (χ3n) is 3.67. The molecule has 2 N–H and O–H groups in total. The lowest BCUT2D eigenvalue weighted by Crippen LogP contribution is -2.31. The molecule has 0 aromatic heterocycles. The maximum atomic E-state index is 11.2. The molecule has 0 saturated carbocycles. The molecular formula is C17H18N2O. The molecule has 1 amide bonds. The van der Waals surface area contributed by atoms with Gasteiger partial charge in [-0.05, 0) is 36.1 Å². The molecule has 2 aromatic rings. The lowest BCUT2D eigenvalue weighted by atomic mass is 10.0. The van der Waals surface area contributed by atoms with Gasteiger partial charge in [0.2, 0.25) is 0 Å². The van der Waals surface area contributed by atoms with Crippen molar-refractivity contribution in [2.24, 2.45) is 0 Å². The fourth-order valence-electron chi connectivity index (χ4n) is 2.61. The van der Waals surface area contributed by atoms with E-state index in [2.05, 4.69) is 34.9 Å². The first-order valence-corrected chi connectivity index (χ1v) is 7.02. The number of anilines is 1. The summed E-state index contributed by atoms with van der Waals surface area (Å²) in [5.74, 6) is 0.0619. The maximum absolute atomic E-state index is 11.2. The topological polar surface area (TPSA) is 41.1 Å². The number of rotatable bonds is 0. The third-order valence-corrected chi connectivity index (χ3v) is 3.67. The standard InChI is InChI=1S/C9H9NO.C8H9N/c11-9-8-4-2-1-3-7(8)5-6-10-9;1-2-4-8-7(3-1)5-6-9-8/h1-4H,5-6H2,(H,10,11);1-4,9H,5-6H2. The highest BCUT2D eigenvalue weighted by atomic mass is 16.1. The molecule has 2 aromatic carbocycles. The molecule has 0 saturated heterocycles. The first-order chi connectivity index (χ1) is 9.84. The molecule has 20 heavy (non-hydrogen) atoms. The van der Waals surface area contributed by atoms with Crippen LogP contribution in [0.15, 0.2) is 48.5 Å². The Balaban J connectivity index is 0.000000123. The molecule has 102 valence electrons. The van der Waals surface area contributed by atoms with Crippen LogP contribution in [-0.4, -0.2) is 19.0 Å². The van der Waals surface area contributed by atoms with Crippen LogP contribution in [0, 0.1) is 0 Å². The summed E-state index contributed by atoms with van der Waals surface area (Å²) in [5.41, 5.74) is 4.77. The Morgan fingerprint density at radius 2 is 1.40 bits per heavy atom. The van der Waals surface area contributed by atoms with E-state index in [0.717, 1.165) is 30.6 Å². The molecule has 2 heterocycles. The molecule has 3 nitrogen and oxygen atoms in total. The molecular weight excluding hydrogens is 248 g/mol. The Labute approximate surface area is 119 Å². The SMILES string of the molecule is O=C1NCCc2ccccc21.c1ccc2c(c1)CCN2. The molecule has 3 heteroatoms. The zero-order valence-corrected chi connectivity index (χ0v) is 11.4. The number of hydrogen-bond acceptors (Lipinski definition) is 2. The number of nitrogens with one attached hydrogen (secondary N) is 2. The summed E-state index contributed by atoms with van der Waals surface area (Å²) in [5, 5.41) is 6.10. The van der Waals surface area contributed by atoms with Crippen LogP contribution in [0.1, 0.15) is 21.5 Å². The maximum Gasteiger partial charge on any atom is 0.251 e. The highest BCUT2D eigenvalue weighted by molar-refractivity contribution is 5.96. The van der Waals surface area contributed by atoms with Crippen LogP contribution in [0.25, 0.3) is 0 Å². The number of para-hydroxylation sites is 1. The predicted octanol–water partition coefficient (Wildman–Crippen LogP) is 2.63. The van der Waals surface area contributed by atoms with Crippen molar-refractivity contribution in [3.8, 4) is 0 Å². The van der Waals surface area contributed by atoms with Crippen molar-refractivity contribution in [2.75, 3.05) is 18.4 Å². The molecule has 0 unspecified atom stereocenters. The molecule has 0 spiro atoms. The van der Waals surface area contributed by atoms with E-state index in [9.17, 15) is 4.79 Å². The Kier molecular flexibility index (Phi) is 3.68. The minimum Gasteiger partial charge on any atom is -0.384 e. The minimum absolute atomic E-state index is 0.0619.